The van der Waals surface area contributed by atoms with Crippen LogP contribution in [0.2, 0.25) is 0 Å². The zero-order valence-corrected chi connectivity index (χ0v) is 10.4. The molecule has 2 nitrogen and oxygen atoms in total. The Labute approximate surface area is 92.5 Å². The third kappa shape index (κ3) is 2.25. The van der Waals surface area contributed by atoms with Gasteiger partial charge in [0.2, 0.25) is 5.91 Å². The molecule has 1 aliphatic heterocycles. The molecule has 0 aromatic heterocycles. The Hall–Kier alpha value is -0.180. The monoisotopic (exact) mass is 215 g/mol. The fraction of sp³-hybridized carbons (Fsp3) is 0.909. The van der Waals surface area contributed by atoms with Gasteiger partial charge in [-0.05, 0) is 25.2 Å². The average molecular weight is 215 g/mol. The zero-order valence-electron chi connectivity index (χ0n) is 9.53. The molecule has 3 heteroatoms. The fourth-order valence-electron chi connectivity index (χ4n) is 1.86. The van der Waals surface area contributed by atoms with Gasteiger partial charge in [0.25, 0.3) is 0 Å². The van der Waals surface area contributed by atoms with Crippen molar-refractivity contribution in [3.63, 3.8) is 0 Å². The Morgan fingerprint density at radius 2 is 2.00 bits per heavy atom. The van der Waals surface area contributed by atoms with Crippen LogP contribution in [0.4, 0.5) is 0 Å². The highest BCUT2D eigenvalue weighted by molar-refractivity contribution is 7.81. The van der Waals surface area contributed by atoms with Crippen molar-refractivity contribution >= 4 is 18.5 Å². The van der Waals surface area contributed by atoms with Gasteiger partial charge in [-0.1, -0.05) is 20.8 Å². The van der Waals surface area contributed by atoms with Crippen molar-refractivity contribution < 1.29 is 4.79 Å². The van der Waals surface area contributed by atoms with Crippen molar-refractivity contribution in [1.29, 1.82) is 0 Å². The van der Waals surface area contributed by atoms with Gasteiger partial charge in [-0.3, -0.25) is 4.79 Å². The van der Waals surface area contributed by atoms with Gasteiger partial charge in [-0.25, -0.2) is 0 Å². The fourth-order valence-corrected chi connectivity index (χ4v) is 2.01. The van der Waals surface area contributed by atoms with Crippen molar-refractivity contribution in [2.75, 3.05) is 6.54 Å². The minimum Gasteiger partial charge on any atom is -0.339 e. The molecular weight excluding hydrogens is 194 g/mol. The van der Waals surface area contributed by atoms with E-state index in [1.165, 1.54) is 0 Å². The molecule has 0 spiro atoms. The number of nitrogens with zero attached hydrogens (tertiary/aromatic N) is 1. The van der Waals surface area contributed by atoms with Gasteiger partial charge in [-0.15, -0.1) is 0 Å². The number of carbonyl (C=O) groups excluding carboxylic acids is 1. The summed E-state index contributed by atoms with van der Waals surface area (Å²) in [6.45, 7) is 9.33. The quantitative estimate of drug-likeness (QED) is 0.700. The summed E-state index contributed by atoms with van der Waals surface area (Å²) in [5, 5.41) is -0.136. The maximum atomic E-state index is 12.0. The number of hydrogen-bond donors (Lipinski definition) is 1. The molecule has 82 valence electrons. The van der Waals surface area contributed by atoms with E-state index in [0.29, 0.717) is 17.9 Å². The lowest BCUT2D eigenvalue weighted by Gasteiger charge is -2.27. The van der Waals surface area contributed by atoms with E-state index in [1.54, 1.807) is 0 Å². The molecule has 3 atom stereocenters. The Morgan fingerprint density at radius 3 is 2.36 bits per heavy atom. The summed E-state index contributed by atoms with van der Waals surface area (Å²) in [6, 6.07) is 0.385. The summed E-state index contributed by atoms with van der Waals surface area (Å²) >= 11 is 4.37. The van der Waals surface area contributed by atoms with Gasteiger partial charge in [-0.2, -0.15) is 12.6 Å². The van der Waals surface area contributed by atoms with E-state index in [4.69, 9.17) is 0 Å². The smallest absolute Gasteiger partial charge is 0.235 e. The Kier molecular flexibility index (Phi) is 3.87. The van der Waals surface area contributed by atoms with Gasteiger partial charge < -0.3 is 4.90 Å². The first kappa shape index (κ1) is 11.9. The van der Waals surface area contributed by atoms with Crippen molar-refractivity contribution in [3.8, 4) is 0 Å². The predicted molar refractivity (Wildman–Crippen MR) is 62.6 cm³/mol. The van der Waals surface area contributed by atoms with E-state index in [9.17, 15) is 4.79 Å². The number of amides is 1. The second-order valence-corrected chi connectivity index (χ2v) is 5.28. The van der Waals surface area contributed by atoms with E-state index in [-0.39, 0.29) is 11.2 Å². The van der Waals surface area contributed by atoms with E-state index in [2.05, 4.69) is 26.5 Å². The molecule has 14 heavy (non-hydrogen) atoms. The maximum Gasteiger partial charge on any atom is 0.235 e. The third-order valence-corrected chi connectivity index (χ3v) is 4.13. The Morgan fingerprint density at radius 1 is 1.43 bits per heavy atom. The van der Waals surface area contributed by atoms with Crippen LogP contribution in [-0.2, 0) is 4.79 Å². The van der Waals surface area contributed by atoms with Gasteiger partial charge in [0.05, 0.1) is 5.25 Å². The molecule has 0 N–H and O–H groups in total. The third-order valence-electron chi connectivity index (χ3n) is 3.31. The molecule has 1 aliphatic rings. The molecule has 1 fully saturated rings. The van der Waals surface area contributed by atoms with Crippen LogP contribution in [0.25, 0.3) is 0 Å². The average Bonchev–Trinajstić information content (AvgIpc) is 2.45. The Bertz CT molecular complexity index is 217. The molecule has 0 saturated carbocycles. The lowest BCUT2D eigenvalue weighted by atomic mass is 10.0. The number of likely N-dealkylation sites (tertiary alicyclic amines) is 1. The summed E-state index contributed by atoms with van der Waals surface area (Å²) in [6.07, 6.45) is 1.13. The van der Waals surface area contributed by atoms with Crippen LogP contribution >= 0.6 is 12.6 Å². The normalized spacial score (nSPS) is 29.7. The summed E-state index contributed by atoms with van der Waals surface area (Å²) in [4.78, 5) is 14.0. The number of carbonyl (C=O) groups is 1. The largest absolute Gasteiger partial charge is 0.339 e. The lowest BCUT2D eigenvalue weighted by Crippen LogP contribution is -2.41. The lowest BCUT2D eigenvalue weighted by molar-refractivity contribution is -0.132. The highest BCUT2D eigenvalue weighted by Gasteiger charge is 2.34. The van der Waals surface area contributed by atoms with E-state index in [0.717, 1.165) is 13.0 Å². The summed E-state index contributed by atoms with van der Waals surface area (Å²) < 4.78 is 0. The highest BCUT2D eigenvalue weighted by Crippen LogP contribution is 2.26. The van der Waals surface area contributed by atoms with Crippen LogP contribution in [0.5, 0.6) is 0 Å². The zero-order chi connectivity index (χ0) is 10.9. The van der Waals surface area contributed by atoms with E-state index >= 15 is 0 Å². The first-order valence-corrected chi connectivity index (χ1v) is 5.95. The molecular formula is C11H21NOS. The van der Waals surface area contributed by atoms with Crippen molar-refractivity contribution in [1.82, 2.24) is 4.90 Å². The molecule has 0 aromatic rings. The van der Waals surface area contributed by atoms with Crippen LogP contribution in [0.1, 0.15) is 34.1 Å². The molecule has 3 unspecified atom stereocenters. The van der Waals surface area contributed by atoms with Crippen LogP contribution in [0.15, 0.2) is 0 Å². The number of hydrogen-bond acceptors (Lipinski definition) is 2. The number of thiol groups is 1. The molecule has 0 bridgehead atoms. The minimum absolute atomic E-state index is 0.136. The SMILES string of the molecule is CC(C)C(S)C(=O)N1CCC(C)C1C. The van der Waals surface area contributed by atoms with Crippen LogP contribution < -0.4 is 0 Å². The topological polar surface area (TPSA) is 20.3 Å². The predicted octanol–water partition coefficient (Wildman–Crippen LogP) is 2.20. The van der Waals surface area contributed by atoms with Gasteiger partial charge in [0.1, 0.15) is 0 Å². The number of rotatable bonds is 2. The van der Waals surface area contributed by atoms with Crippen LogP contribution in [-0.4, -0.2) is 28.6 Å². The van der Waals surface area contributed by atoms with E-state index in [1.807, 2.05) is 18.7 Å². The van der Waals surface area contributed by atoms with Gasteiger partial charge >= 0.3 is 0 Å². The summed E-state index contributed by atoms with van der Waals surface area (Å²) in [5.41, 5.74) is 0. The molecule has 0 aromatic carbocycles. The molecule has 1 heterocycles. The first-order valence-electron chi connectivity index (χ1n) is 5.43. The molecule has 0 radical (unpaired) electrons. The second-order valence-electron chi connectivity index (χ2n) is 4.73. The van der Waals surface area contributed by atoms with Gasteiger partial charge in [0.15, 0.2) is 0 Å². The van der Waals surface area contributed by atoms with Crippen molar-refractivity contribution in [2.45, 2.75) is 45.4 Å². The van der Waals surface area contributed by atoms with Crippen molar-refractivity contribution in [3.05, 3.63) is 0 Å². The van der Waals surface area contributed by atoms with Crippen molar-refractivity contribution in [2.24, 2.45) is 11.8 Å². The first-order chi connectivity index (χ1) is 6.45. The summed E-state index contributed by atoms with van der Waals surface area (Å²) in [7, 11) is 0. The second kappa shape index (κ2) is 4.56. The van der Waals surface area contributed by atoms with Crippen LogP contribution in [0, 0.1) is 11.8 Å². The minimum atomic E-state index is -0.136. The molecule has 1 rings (SSSR count). The summed E-state index contributed by atoms with van der Waals surface area (Å²) in [5.74, 6) is 1.15. The molecule has 0 aliphatic carbocycles. The van der Waals surface area contributed by atoms with Gasteiger partial charge in [0, 0.05) is 12.6 Å². The molecule has 1 saturated heterocycles. The Balaban J connectivity index is 2.62. The highest BCUT2D eigenvalue weighted by atomic mass is 32.1. The standard InChI is InChI=1S/C11H21NOS/c1-7(2)10(14)11(13)12-6-5-8(3)9(12)4/h7-10,14H,5-6H2,1-4H3. The molecule has 1 amide bonds. The van der Waals surface area contributed by atoms with E-state index < -0.39 is 0 Å². The van der Waals surface area contributed by atoms with Crippen LogP contribution in [0.3, 0.4) is 0 Å². The maximum absolute atomic E-state index is 12.0.